The second-order valence-corrected chi connectivity index (χ2v) is 4.52. The maximum atomic E-state index is 9.67. The second kappa shape index (κ2) is 4.29. The van der Waals surface area contributed by atoms with Crippen molar-refractivity contribution in [3.63, 3.8) is 0 Å². The molecule has 1 fully saturated rings. The van der Waals surface area contributed by atoms with Crippen LogP contribution >= 0.6 is 0 Å². The summed E-state index contributed by atoms with van der Waals surface area (Å²) >= 11 is 0. The van der Waals surface area contributed by atoms with Crippen molar-refractivity contribution < 1.29 is 5.11 Å². The van der Waals surface area contributed by atoms with Crippen LogP contribution in [0.2, 0.25) is 0 Å². The lowest BCUT2D eigenvalue weighted by molar-refractivity contribution is 0.105. The van der Waals surface area contributed by atoms with Crippen molar-refractivity contribution in [2.24, 2.45) is 0 Å². The van der Waals surface area contributed by atoms with Crippen molar-refractivity contribution >= 4 is 0 Å². The Kier molecular flexibility index (Phi) is 3.03. The SMILES string of the molecule is CN1CCCC(CO)(c2ccncc2)C1. The van der Waals surface area contributed by atoms with Crippen molar-refractivity contribution in [3.05, 3.63) is 30.1 Å². The third-order valence-electron chi connectivity index (χ3n) is 3.36. The van der Waals surface area contributed by atoms with Gasteiger partial charge in [0.15, 0.2) is 0 Å². The number of nitrogens with zero attached hydrogens (tertiary/aromatic N) is 2. The molecule has 0 radical (unpaired) electrons. The lowest BCUT2D eigenvalue weighted by Gasteiger charge is -2.40. The molecule has 1 aromatic rings. The molecule has 0 aliphatic carbocycles. The molecule has 3 nitrogen and oxygen atoms in total. The predicted molar refractivity (Wildman–Crippen MR) is 59.7 cm³/mol. The number of hydrogen-bond donors (Lipinski definition) is 1. The number of likely N-dealkylation sites (tertiary alicyclic amines) is 1. The van der Waals surface area contributed by atoms with Gasteiger partial charge in [-0.2, -0.15) is 0 Å². The molecule has 0 aromatic carbocycles. The molecule has 1 aliphatic rings. The molecule has 0 saturated carbocycles. The van der Waals surface area contributed by atoms with Crippen LogP contribution in [0.5, 0.6) is 0 Å². The van der Waals surface area contributed by atoms with Crippen LogP contribution in [0.3, 0.4) is 0 Å². The van der Waals surface area contributed by atoms with Gasteiger partial charge < -0.3 is 10.0 Å². The van der Waals surface area contributed by atoms with Gasteiger partial charge in [-0.3, -0.25) is 4.98 Å². The fourth-order valence-electron chi connectivity index (χ4n) is 2.52. The number of hydrogen-bond acceptors (Lipinski definition) is 3. The zero-order valence-electron chi connectivity index (χ0n) is 9.19. The first-order chi connectivity index (χ1) is 7.27. The Hall–Kier alpha value is -0.930. The average molecular weight is 206 g/mol. The van der Waals surface area contributed by atoms with Crippen molar-refractivity contribution in [1.82, 2.24) is 9.88 Å². The van der Waals surface area contributed by atoms with Gasteiger partial charge in [0.1, 0.15) is 0 Å². The summed E-state index contributed by atoms with van der Waals surface area (Å²) in [6.07, 6.45) is 5.83. The second-order valence-electron chi connectivity index (χ2n) is 4.52. The highest BCUT2D eigenvalue weighted by atomic mass is 16.3. The van der Waals surface area contributed by atoms with Gasteiger partial charge in [-0.15, -0.1) is 0 Å². The molecule has 0 amide bonds. The molecule has 3 heteroatoms. The smallest absolute Gasteiger partial charge is 0.0540 e. The minimum atomic E-state index is -0.0735. The number of aliphatic hydroxyl groups is 1. The highest BCUT2D eigenvalue weighted by molar-refractivity contribution is 5.24. The van der Waals surface area contributed by atoms with Gasteiger partial charge in [-0.1, -0.05) is 0 Å². The first-order valence-electron chi connectivity index (χ1n) is 5.47. The number of pyridine rings is 1. The van der Waals surface area contributed by atoms with Crippen molar-refractivity contribution in [2.45, 2.75) is 18.3 Å². The maximum Gasteiger partial charge on any atom is 0.0540 e. The molecule has 82 valence electrons. The lowest BCUT2D eigenvalue weighted by Crippen LogP contribution is -2.46. The predicted octanol–water partition coefficient (Wildman–Crippen LogP) is 1.04. The minimum absolute atomic E-state index is 0.0735. The number of piperidine rings is 1. The number of likely N-dealkylation sites (N-methyl/N-ethyl adjacent to an activating group) is 1. The normalized spacial score (nSPS) is 27.9. The molecule has 15 heavy (non-hydrogen) atoms. The molecule has 1 N–H and O–H groups in total. The summed E-state index contributed by atoms with van der Waals surface area (Å²) in [6, 6.07) is 4.05. The molecule has 1 atom stereocenters. The molecule has 1 unspecified atom stereocenters. The van der Waals surface area contributed by atoms with Crippen molar-refractivity contribution in [1.29, 1.82) is 0 Å². The molecular weight excluding hydrogens is 188 g/mol. The van der Waals surface area contributed by atoms with Gasteiger partial charge in [0, 0.05) is 24.4 Å². The topological polar surface area (TPSA) is 36.4 Å². The fourth-order valence-corrected chi connectivity index (χ4v) is 2.52. The Labute approximate surface area is 90.8 Å². The van der Waals surface area contributed by atoms with Gasteiger partial charge in [-0.05, 0) is 44.1 Å². The van der Waals surface area contributed by atoms with E-state index < -0.39 is 0 Å². The van der Waals surface area contributed by atoms with Gasteiger partial charge in [0.25, 0.3) is 0 Å². The van der Waals surface area contributed by atoms with Crippen LogP contribution in [-0.2, 0) is 5.41 Å². The highest BCUT2D eigenvalue weighted by Crippen LogP contribution is 2.32. The fraction of sp³-hybridized carbons (Fsp3) is 0.583. The first kappa shape index (κ1) is 10.6. The van der Waals surface area contributed by atoms with E-state index in [0.29, 0.717) is 0 Å². The molecule has 1 aromatic heterocycles. The van der Waals surface area contributed by atoms with Crippen LogP contribution in [0.25, 0.3) is 0 Å². The Balaban J connectivity index is 2.28. The summed E-state index contributed by atoms with van der Waals surface area (Å²) in [4.78, 5) is 6.32. The van der Waals surface area contributed by atoms with Crippen LogP contribution in [-0.4, -0.2) is 41.7 Å². The van der Waals surface area contributed by atoms with Gasteiger partial charge >= 0.3 is 0 Å². The zero-order valence-corrected chi connectivity index (χ0v) is 9.19. The van der Waals surface area contributed by atoms with Crippen LogP contribution in [0, 0.1) is 0 Å². The third-order valence-corrected chi connectivity index (χ3v) is 3.36. The maximum absolute atomic E-state index is 9.67. The summed E-state index contributed by atoms with van der Waals surface area (Å²) in [7, 11) is 2.12. The Bertz CT molecular complexity index is 315. The summed E-state index contributed by atoms with van der Waals surface area (Å²) in [6.45, 7) is 2.29. The van der Waals surface area contributed by atoms with E-state index in [9.17, 15) is 5.11 Å². The molecular formula is C12H18N2O. The first-order valence-corrected chi connectivity index (χ1v) is 5.47. The average Bonchev–Trinajstić information content (AvgIpc) is 2.30. The van der Waals surface area contributed by atoms with Crippen molar-refractivity contribution in [3.8, 4) is 0 Å². The monoisotopic (exact) mass is 206 g/mol. The van der Waals surface area contributed by atoms with Gasteiger partial charge in [0.2, 0.25) is 0 Å². The summed E-state index contributed by atoms with van der Waals surface area (Å²) < 4.78 is 0. The Morgan fingerprint density at radius 2 is 2.20 bits per heavy atom. The minimum Gasteiger partial charge on any atom is -0.395 e. The van der Waals surface area contributed by atoms with E-state index in [1.54, 1.807) is 12.4 Å². The summed E-state index contributed by atoms with van der Waals surface area (Å²) in [5.41, 5.74) is 1.14. The molecule has 0 spiro atoms. The third kappa shape index (κ3) is 2.03. The highest BCUT2D eigenvalue weighted by Gasteiger charge is 2.35. The van der Waals surface area contributed by atoms with Crippen LogP contribution < -0.4 is 0 Å². The molecule has 1 aliphatic heterocycles. The van der Waals surface area contributed by atoms with Crippen LogP contribution in [0.1, 0.15) is 18.4 Å². The van der Waals surface area contributed by atoms with E-state index in [1.165, 1.54) is 5.56 Å². The van der Waals surface area contributed by atoms with E-state index in [2.05, 4.69) is 16.9 Å². The van der Waals surface area contributed by atoms with E-state index in [-0.39, 0.29) is 12.0 Å². The Morgan fingerprint density at radius 3 is 2.80 bits per heavy atom. The number of rotatable bonds is 2. The zero-order chi connectivity index (χ0) is 10.7. The van der Waals surface area contributed by atoms with Crippen LogP contribution in [0.4, 0.5) is 0 Å². The summed E-state index contributed by atoms with van der Waals surface area (Å²) in [5.74, 6) is 0. The molecule has 2 rings (SSSR count). The van der Waals surface area contributed by atoms with E-state index >= 15 is 0 Å². The van der Waals surface area contributed by atoms with E-state index in [4.69, 9.17) is 0 Å². The molecule has 1 saturated heterocycles. The van der Waals surface area contributed by atoms with Crippen LogP contribution in [0.15, 0.2) is 24.5 Å². The number of aliphatic hydroxyl groups excluding tert-OH is 1. The Morgan fingerprint density at radius 1 is 1.47 bits per heavy atom. The molecule has 0 bridgehead atoms. The largest absolute Gasteiger partial charge is 0.395 e. The molecule has 2 heterocycles. The van der Waals surface area contributed by atoms with E-state index in [0.717, 1.165) is 25.9 Å². The van der Waals surface area contributed by atoms with Gasteiger partial charge in [0.05, 0.1) is 6.61 Å². The van der Waals surface area contributed by atoms with E-state index in [1.807, 2.05) is 12.1 Å². The van der Waals surface area contributed by atoms with Gasteiger partial charge in [-0.25, -0.2) is 0 Å². The quantitative estimate of drug-likeness (QED) is 0.785. The number of aromatic nitrogens is 1. The lowest BCUT2D eigenvalue weighted by atomic mass is 9.75. The summed E-state index contributed by atoms with van der Waals surface area (Å²) in [5, 5.41) is 9.67. The van der Waals surface area contributed by atoms with Crippen molar-refractivity contribution in [2.75, 3.05) is 26.7 Å². The standard InChI is InChI=1S/C12H18N2O/c1-14-8-2-5-12(9-14,10-15)11-3-6-13-7-4-11/h3-4,6-7,15H,2,5,8-10H2,1H3.